The third-order valence-corrected chi connectivity index (χ3v) is 8.97. The molecule has 3 amide bonds. The van der Waals surface area contributed by atoms with Gasteiger partial charge in [0.05, 0.1) is 41.3 Å². The van der Waals surface area contributed by atoms with Gasteiger partial charge in [-0.3, -0.25) is 14.4 Å². The van der Waals surface area contributed by atoms with Gasteiger partial charge in [-0.25, -0.2) is 0 Å². The zero-order valence-electron chi connectivity index (χ0n) is 20.3. The molecule has 3 aliphatic heterocycles. The molecular weight excluding hydrogens is 562 g/mol. The molecule has 2 aromatic carbocycles. The second kappa shape index (κ2) is 10.4. The summed E-state index contributed by atoms with van der Waals surface area (Å²) in [7, 11) is 0. The number of aliphatic hydroxyl groups is 1. The van der Waals surface area contributed by atoms with Gasteiger partial charge in [0.1, 0.15) is 11.6 Å². The molecule has 2 aromatic rings. The minimum Gasteiger partial charge on any atom is -0.394 e. The second-order valence-electron chi connectivity index (χ2n) is 9.83. The highest BCUT2D eigenvalue weighted by Crippen LogP contribution is 2.60. The highest BCUT2D eigenvalue weighted by atomic mass is 79.9. The van der Waals surface area contributed by atoms with Crippen molar-refractivity contribution in [2.75, 3.05) is 11.9 Å². The van der Waals surface area contributed by atoms with Crippen LogP contribution in [0.1, 0.15) is 25.3 Å². The van der Waals surface area contributed by atoms with Crippen molar-refractivity contribution in [3.05, 3.63) is 65.2 Å². The first-order chi connectivity index (χ1) is 17.8. The number of carbonyl (C=O) groups is 3. The lowest BCUT2D eigenvalue weighted by Gasteiger charge is -2.36. The summed E-state index contributed by atoms with van der Waals surface area (Å²) in [5.41, 5.74) is 0.143. The standard InChI is InChI=1S/C27H29BrClN3O5/c1-2-16(14-33)32-23(25(35)31-19-11-7-6-10-18(19)29)27-12-17(28)22(37-27)20(21(27)26(32)36)24(34)30-13-15-8-4-3-5-9-15/h3-11,16-17,20-23,33H,2,12-14H2,1H3,(H,30,34)(H,31,35)/t16-,17?,20-,21-,22-,23?,27?/m0/s1. The molecule has 3 aliphatic rings. The summed E-state index contributed by atoms with van der Waals surface area (Å²) in [4.78, 5) is 42.6. The monoisotopic (exact) mass is 589 g/mol. The number of likely N-dealkylation sites (tertiary alicyclic amines) is 1. The molecule has 196 valence electrons. The summed E-state index contributed by atoms with van der Waals surface area (Å²) < 4.78 is 6.48. The number of rotatable bonds is 8. The molecule has 7 atom stereocenters. The average molecular weight is 591 g/mol. The van der Waals surface area contributed by atoms with E-state index in [2.05, 4.69) is 26.6 Å². The van der Waals surface area contributed by atoms with E-state index in [9.17, 15) is 19.5 Å². The molecule has 37 heavy (non-hydrogen) atoms. The molecular formula is C27H29BrClN3O5. The second-order valence-corrected chi connectivity index (χ2v) is 11.4. The van der Waals surface area contributed by atoms with Gasteiger partial charge >= 0.3 is 0 Å². The molecule has 0 aromatic heterocycles. The number of anilines is 1. The zero-order chi connectivity index (χ0) is 26.3. The van der Waals surface area contributed by atoms with Crippen LogP contribution in [0.2, 0.25) is 5.02 Å². The first-order valence-electron chi connectivity index (χ1n) is 12.4. The largest absolute Gasteiger partial charge is 0.394 e. The van der Waals surface area contributed by atoms with Crippen molar-refractivity contribution in [3.8, 4) is 0 Å². The lowest BCUT2D eigenvalue weighted by atomic mass is 9.70. The minimum atomic E-state index is -1.21. The number of fused-ring (bicyclic) bond motifs is 1. The molecule has 10 heteroatoms. The van der Waals surface area contributed by atoms with Gasteiger partial charge in [0, 0.05) is 11.4 Å². The van der Waals surface area contributed by atoms with E-state index < -0.39 is 41.5 Å². The molecule has 5 rings (SSSR count). The van der Waals surface area contributed by atoms with E-state index in [0.717, 1.165) is 5.56 Å². The first kappa shape index (κ1) is 26.2. The number of ether oxygens (including phenoxy) is 1. The topological polar surface area (TPSA) is 108 Å². The van der Waals surface area contributed by atoms with Crippen LogP contribution in [0.5, 0.6) is 0 Å². The van der Waals surface area contributed by atoms with E-state index in [1.165, 1.54) is 4.90 Å². The molecule has 0 radical (unpaired) electrons. The van der Waals surface area contributed by atoms with Gasteiger partial charge < -0.3 is 25.4 Å². The summed E-state index contributed by atoms with van der Waals surface area (Å²) in [5.74, 6) is -2.71. The fourth-order valence-corrected chi connectivity index (χ4v) is 7.27. The Hall–Kier alpha value is -2.46. The number of hydrogen-bond donors (Lipinski definition) is 3. The minimum absolute atomic E-state index is 0.214. The number of benzene rings is 2. The lowest BCUT2D eigenvalue weighted by molar-refractivity contribution is -0.144. The lowest BCUT2D eigenvalue weighted by Crippen LogP contribution is -2.56. The Balaban J connectivity index is 1.49. The van der Waals surface area contributed by atoms with Gasteiger partial charge in [-0.2, -0.15) is 0 Å². The van der Waals surface area contributed by atoms with Gasteiger partial charge in [-0.15, -0.1) is 0 Å². The summed E-state index contributed by atoms with van der Waals surface area (Å²) in [5, 5.41) is 16.3. The Morgan fingerprint density at radius 1 is 1.19 bits per heavy atom. The van der Waals surface area contributed by atoms with Gasteiger partial charge in [0.2, 0.25) is 17.7 Å². The maximum absolute atomic E-state index is 14.0. The Morgan fingerprint density at radius 3 is 2.57 bits per heavy atom. The van der Waals surface area contributed by atoms with Crippen LogP contribution in [0.3, 0.4) is 0 Å². The first-order valence-corrected chi connectivity index (χ1v) is 13.7. The molecule has 3 fully saturated rings. The maximum Gasteiger partial charge on any atom is 0.250 e. The van der Waals surface area contributed by atoms with E-state index in [1.54, 1.807) is 24.3 Å². The van der Waals surface area contributed by atoms with Crippen molar-refractivity contribution in [3.63, 3.8) is 0 Å². The highest BCUT2D eigenvalue weighted by Gasteiger charge is 2.77. The molecule has 0 aliphatic carbocycles. The third kappa shape index (κ3) is 4.35. The summed E-state index contributed by atoms with van der Waals surface area (Å²) in [6.07, 6.45) is 0.263. The van der Waals surface area contributed by atoms with Crippen LogP contribution >= 0.6 is 27.5 Å². The Kier molecular flexibility index (Phi) is 7.33. The molecule has 3 unspecified atom stereocenters. The number of para-hydroxylation sites is 1. The molecule has 2 bridgehead atoms. The summed E-state index contributed by atoms with van der Waals surface area (Å²) in [6.45, 7) is 1.85. The third-order valence-electron chi connectivity index (χ3n) is 7.79. The van der Waals surface area contributed by atoms with Crippen molar-refractivity contribution in [2.24, 2.45) is 11.8 Å². The van der Waals surface area contributed by atoms with E-state index in [0.29, 0.717) is 30.1 Å². The summed E-state index contributed by atoms with van der Waals surface area (Å²) in [6, 6.07) is 14.7. The van der Waals surface area contributed by atoms with Gasteiger partial charge in [0.25, 0.3) is 0 Å². The number of amides is 3. The van der Waals surface area contributed by atoms with Crippen molar-refractivity contribution in [2.45, 2.75) is 54.9 Å². The number of nitrogens with zero attached hydrogens (tertiary/aromatic N) is 1. The highest BCUT2D eigenvalue weighted by molar-refractivity contribution is 9.09. The Labute approximate surface area is 228 Å². The van der Waals surface area contributed by atoms with Crippen LogP contribution in [0.15, 0.2) is 54.6 Å². The van der Waals surface area contributed by atoms with E-state index in [-0.39, 0.29) is 23.2 Å². The van der Waals surface area contributed by atoms with Gasteiger partial charge in [-0.05, 0) is 30.5 Å². The van der Waals surface area contributed by atoms with Crippen LogP contribution in [0, 0.1) is 11.8 Å². The quantitative estimate of drug-likeness (QED) is 0.410. The fraction of sp³-hybridized carbons (Fsp3) is 0.444. The van der Waals surface area contributed by atoms with Crippen molar-refractivity contribution >= 4 is 50.9 Å². The number of nitrogens with one attached hydrogen (secondary N) is 2. The van der Waals surface area contributed by atoms with E-state index in [1.807, 2.05) is 37.3 Å². The average Bonchev–Trinajstić information content (AvgIpc) is 3.49. The fourth-order valence-electron chi connectivity index (χ4n) is 6.14. The molecule has 0 saturated carbocycles. The van der Waals surface area contributed by atoms with Crippen LogP contribution in [-0.2, 0) is 25.7 Å². The van der Waals surface area contributed by atoms with Crippen LogP contribution in [0.4, 0.5) is 5.69 Å². The van der Waals surface area contributed by atoms with Crippen molar-refractivity contribution < 1.29 is 24.2 Å². The van der Waals surface area contributed by atoms with Crippen molar-refractivity contribution in [1.29, 1.82) is 0 Å². The number of halogens is 2. The van der Waals surface area contributed by atoms with Crippen molar-refractivity contribution in [1.82, 2.24) is 10.2 Å². The molecule has 3 saturated heterocycles. The molecule has 8 nitrogen and oxygen atoms in total. The maximum atomic E-state index is 14.0. The zero-order valence-corrected chi connectivity index (χ0v) is 22.6. The van der Waals surface area contributed by atoms with Crippen LogP contribution in [0.25, 0.3) is 0 Å². The number of carbonyl (C=O) groups excluding carboxylic acids is 3. The number of hydrogen-bond acceptors (Lipinski definition) is 5. The smallest absolute Gasteiger partial charge is 0.250 e. The van der Waals surface area contributed by atoms with Gasteiger partial charge in [-0.1, -0.05) is 76.9 Å². The Bertz CT molecular complexity index is 1200. The normalized spacial score (nSPS) is 30.8. The van der Waals surface area contributed by atoms with E-state index >= 15 is 0 Å². The molecule has 3 N–H and O–H groups in total. The Morgan fingerprint density at radius 2 is 1.89 bits per heavy atom. The number of aliphatic hydroxyl groups excluding tert-OH is 1. The summed E-state index contributed by atoms with van der Waals surface area (Å²) >= 11 is 9.95. The van der Waals surface area contributed by atoms with Crippen LogP contribution in [-0.4, -0.2) is 63.0 Å². The predicted molar refractivity (Wildman–Crippen MR) is 142 cm³/mol. The number of alkyl halides is 1. The van der Waals surface area contributed by atoms with Gasteiger partial charge in [0.15, 0.2) is 0 Å². The van der Waals surface area contributed by atoms with Crippen LogP contribution < -0.4 is 10.6 Å². The molecule has 1 spiro atoms. The predicted octanol–water partition coefficient (Wildman–Crippen LogP) is 3.11. The van der Waals surface area contributed by atoms with E-state index in [4.69, 9.17) is 16.3 Å². The molecule has 3 heterocycles. The SMILES string of the molecule is CC[C@@H](CO)N1C(=O)[C@@H]2[C@H](C(=O)NCc3ccccc3)[C@H]3OC2(CC3Br)C1C(=O)Nc1ccccc1Cl.